The van der Waals surface area contributed by atoms with Crippen LogP contribution in [0.4, 0.5) is 5.69 Å². The van der Waals surface area contributed by atoms with Crippen LogP contribution >= 0.6 is 23.2 Å². The summed E-state index contributed by atoms with van der Waals surface area (Å²) in [5.74, 6) is 1.42. The molecule has 3 aromatic rings. The number of rotatable bonds is 7. The predicted molar refractivity (Wildman–Crippen MR) is 108 cm³/mol. The van der Waals surface area contributed by atoms with E-state index in [4.69, 9.17) is 32.7 Å². The number of para-hydroxylation sites is 1. The summed E-state index contributed by atoms with van der Waals surface area (Å²) in [5, 5.41) is 4.77. The molecular formula is C21H19Cl2NO2. The first kappa shape index (κ1) is 18.4. The topological polar surface area (TPSA) is 30.5 Å². The molecule has 0 aliphatic rings. The Labute approximate surface area is 163 Å². The number of nitrogens with one attached hydrogen (secondary N) is 1. The molecule has 0 atom stereocenters. The van der Waals surface area contributed by atoms with Crippen LogP contribution in [-0.4, -0.2) is 7.11 Å². The molecule has 0 spiro atoms. The lowest BCUT2D eigenvalue weighted by Crippen LogP contribution is -2.05. The molecule has 0 bridgehead atoms. The monoisotopic (exact) mass is 387 g/mol. The first-order chi connectivity index (χ1) is 12.7. The minimum absolute atomic E-state index is 0.412. The van der Waals surface area contributed by atoms with Gasteiger partial charge in [0.25, 0.3) is 0 Å². The molecule has 3 aromatic carbocycles. The van der Waals surface area contributed by atoms with Gasteiger partial charge >= 0.3 is 0 Å². The number of benzene rings is 3. The minimum atomic E-state index is 0.412. The van der Waals surface area contributed by atoms with E-state index in [9.17, 15) is 0 Å². The third-order valence-corrected chi connectivity index (χ3v) is 4.37. The number of hydrogen-bond acceptors (Lipinski definition) is 3. The first-order valence-corrected chi connectivity index (χ1v) is 8.94. The lowest BCUT2D eigenvalue weighted by atomic mass is 10.1. The fourth-order valence-corrected chi connectivity index (χ4v) is 2.91. The zero-order valence-corrected chi connectivity index (χ0v) is 15.8. The van der Waals surface area contributed by atoms with Crippen molar-refractivity contribution in [1.82, 2.24) is 0 Å². The molecule has 0 aliphatic carbocycles. The van der Waals surface area contributed by atoms with E-state index in [2.05, 4.69) is 5.32 Å². The predicted octanol–water partition coefficient (Wildman–Crippen LogP) is 6.19. The number of methoxy groups -OCH3 is 1. The van der Waals surface area contributed by atoms with Gasteiger partial charge in [-0.15, -0.1) is 0 Å². The van der Waals surface area contributed by atoms with Gasteiger partial charge in [-0.3, -0.25) is 0 Å². The summed E-state index contributed by atoms with van der Waals surface area (Å²) in [4.78, 5) is 0. The van der Waals surface area contributed by atoms with Crippen LogP contribution in [0, 0.1) is 0 Å². The fourth-order valence-electron chi connectivity index (χ4n) is 2.57. The van der Waals surface area contributed by atoms with Crippen molar-refractivity contribution in [2.24, 2.45) is 0 Å². The average molecular weight is 388 g/mol. The van der Waals surface area contributed by atoms with E-state index in [1.165, 1.54) is 0 Å². The minimum Gasteiger partial charge on any atom is -0.493 e. The molecule has 0 amide bonds. The van der Waals surface area contributed by atoms with Gasteiger partial charge in [-0.25, -0.2) is 0 Å². The van der Waals surface area contributed by atoms with Crippen LogP contribution in [0.5, 0.6) is 11.5 Å². The Hall–Kier alpha value is -2.36. The summed E-state index contributed by atoms with van der Waals surface area (Å²) in [6, 6.07) is 21.1. The Morgan fingerprint density at radius 2 is 1.65 bits per heavy atom. The number of anilines is 1. The molecule has 0 aromatic heterocycles. The van der Waals surface area contributed by atoms with Crippen LogP contribution in [0.3, 0.4) is 0 Å². The Morgan fingerprint density at radius 1 is 0.885 bits per heavy atom. The Kier molecular flexibility index (Phi) is 6.26. The van der Waals surface area contributed by atoms with Crippen LogP contribution in [0.15, 0.2) is 66.7 Å². The molecule has 0 heterocycles. The largest absolute Gasteiger partial charge is 0.493 e. The van der Waals surface area contributed by atoms with Crippen LogP contribution in [0.1, 0.15) is 11.1 Å². The summed E-state index contributed by atoms with van der Waals surface area (Å²) in [7, 11) is 1.64. The van der Waals surface area contributed by atoms with Crippen molar-refractivity contribution >= 4 is 28.9 Å². The zero-order chi connectivity index (χ0) is 18.4. The number of halogens is 2. The van der Waals surface area contributed by atoms with Gasteiger partial charge in [-0.2, -0.15) is 0 Å². The molecule has 0 radical (unpaired) electrons. The third-order valence-electron chi connectivity index (χ3n) is 3.88. The van der Waals surface area contributed by atoms with Crippen molar-refractivity contribution in [3.05, 3.63) is 87.9 Å². The number of ether oxygens (including phenoxy) is 2. The van der Waals surface area contributed by atoms with Gasteiger partial charge < -0.3 is 14.8 Å². The van der Waals surface area contributed by atoms with Gasteiger partial charge in [0, 0.05) is 27.8 Å². The highest BCUT2D eigenvalue weighted by Gasteiger charge is 2.11. The first-order valence-electron chi connectivity index (χ1n) is 8.18. The third kappa shape index (κ3) is 4.84. The summed E-state index contributed by atoms with van der Waals surface area (Å²) in [5.41, 5.74) is 2.99. The van der Waals surface area contributed by atoms with Crippen molar-refractivity contribution in [2.75, 3.05) is 12.4 Å². The van der Waals surface area contributed by atoms with Crippen molar-refractivity contribution in [2.45, 2.75) is 13.2 Å². The van der Waals surface area contributed by atoms with E-state index in [1.54, 1.807) is 7.11 Å². The molecule has 134 valence electrons. The maximum absolute atomic E-state index is 6.06. The smallest absolute Gasteiger partial charge is 0.166 e. The molecule has 5 heteroatoms. The van der Waals surface area contributed by atoms with Crippen LogP contribution in [0.25, 0.3) is 0 Å². The van der Waals surface area contributed by atoms with Crippen LogP contribution in [0.2, 0.25) is 10.0 Å². The van der Waals surface area contributed by atoms with E-state index in [0.29, 0.717) is 28.9 Å². The lowest BCUT2D eigenvalue weighted by Gasteiger charge is -2.16. The molecular weight excluding hydrogens is 369 g/mol. The molecule has 1 N–H and O–H groups in total. The molecule has 0 unspecified atom stereocenters. The second kappa shape index (κ2) is 8.84. The van der Waals surface area contributed by atoms with E-state index in [0.717, 1.165) is 22.6 Å². The van der Waals surface area contributed by atoms with Crippen molar-refractivity contribution in [1.29, 1.82) is 0 Å². The zero-order valence-electron chi connectivity index (χ0n) is 14.3. The second-order valence-electron chi connectivity index (χ2n) is 5.73. The van der Waals surface area contributed by atoms with Crippen LogP contribution < -0.4 is 14.8 Å². The maximum atomic E-state index is 6.06. The summed E-state index contributed by atoms with van der Waals surface area (Å²) in [6.07, 6.45) is 0. The molecule has 26 heavy (non-hydrogen) atoms. The average Bonchev–Trinajstić information content (AvgIpc) is 2.66. The van der Waals surface area contributed by atoms with Gasteiger partial charge in [0.05, 0.1) is 7.11 Å². The normalized spacial score (nSPS) is 10.4. The lowest BCUT2D eigenvalue weighted by molar-refractivity contribution is 0.281. The van der Waals surface area contributed by atoms with Crippen molar-refractivity contribution in [3.8, 4) is 11.5 Å². The fraction of sp³-hybridized carbons (Fsp3) is 0.143. The van der Waals surface area contributed by atoms with E-state index in [1.807, 2.05) is 66.7 Å². The standard InChI is InChI=1S/C21H19Cl2NO2/c1-25-20-7-3-5-16(13-24-19-10-8-17(22)9-11-19)21(20)26-14-15-4-2-6-18(23)12-15/h2-12,24H,13-14H2,1H3. The van der Waals surface area contributed by atoms with E-state index >= 15 is 0 Å². The highest BCUT2D eigenvalue weighted by atomic mass is 35.5. The van der Waals surface area contributed by atoms with Gasteiger partial charge in [-0.05, 0) is 48.0 Å². The molecule has 0 saturated carbocycles. The van der Waals surface area contributed by atoms with Gasteiger partial charge in [0.2, 0.25) is 0 Å². The summed E-state index contributed by atoms with van der Waals surface area (Å²) >= 11 is 12.0. The van der Waals surface area contributed by atoms with Crippen molar-refractivity contribution in [3.63, 3.8) is 0 Å². The molecule has 3 rings (SSSR count). The number of hydrogen-bond donors (Lipinski definition) is 1. The molecule has 0 fully saturated rings. The molecule has 0 saturated heterocycles. The van der Waals surface area contributed by atoms with Gasteiger partial charge in [0.1, 0.15) is 6.61 Å². The summed E-state index contributed by atoms with van der Waals surface area (Å²) < 4.78 is 11.5. The Bertz CT molecular complexity index is 866. The SMILES string of the molecule is COc1cccc(CNc2ccc(Cl)cc2)c1OCc1cccc(Cl)c1. The Morgan fingerprint density at radius 3 is 2.38 bits per heavy atom. The van der Waals surface area contributed by atoms with Crippen LogP contribution in [-0.2, 0) is 13.2 Å². The highest BCUT2D eigenvalue weighted by molar-refractivity contribution is 6.30. The van der Waals surface area contributed by atoms with Gasteiger partial charge in [-0.1, -0.05) is 47.5 Å². The maximum Gasteiger partial charge on any atom is 0.166 e. The van der Waals surface area contributed by atoms with Gasteiger partial charge in [0.15, 0.2) is 11.5 Å². The highest BCUT2D eigenvalue weighted by Crippen LogP contribution is 2.32. The second-order valence-corrected chi connectivity index (χ2v) is 6.60. The summed E-state index contributed by atoms with van der Waals surface area (Å²) in [6.45, 7) is 1.01. The Balaban J connectivity index is 1.75. The van der Waals surface area contributed by atoms with E-state index in [-0.39, 0.29) is 0 Å². The van der Waals surface area contributed by atoms with Crippen molar-refractivity contribution < 1.29 is 9.47 Å². The quantitative estimate of drug-likeness (QED) is 0.523. The molecule has 3 nitrogen and oxygen atoms in total. The van der Waals surface area contributed by atoms with E-state index < -0.39 is 0 Å². The molecule has 0 aliphatic heterocycles.